The lowest BCUT2D eigenvalue weighted by atomic mass is 10.1. The predicted octanol–water partition coefficient (Wildman–Crippen LogP) is 0.350. The van der Waals surface area contributed by atoms with Crippen LogP contribution in [0.1, 0.15) is 13.8 Å². The molecule has 2 heterocycles. The Hall–Kier alpha value is -1.98. The Labute approximate surface area is 112 Å². The lowest BCUT2D eigenvalue weighted by molar-refractivity contribution is -0.140. The first-order valence-electron chi connectivity index (χ1n) is 6.41. The highest BCUT2D eigenvalue weighted by atomic mass is 16.2. The molecular formula is C13H18N4O2. The summed E-state index contributed by atoms with van der Waals surface area (Å²) in [5.74, 6) is -0.0197. The van der Waals surface area contributed by atoms with Crippen LogP contribution in [-0.4, -0.2) is 52.7 Å². The molecule has 0 radical (unpaired) electrons. The zero-order valence-corrected chi connectivity index (χ0v) is 11.2. The normalized spacial score (nSPS) is 17.2. The van der Waals surface area contributed by atoms with E-state index in [9.17, 15) is 9.59 Å². The van der Waals surface area contributed by atoms with Crippen molar-refractivity contribution in [2.45, 2.75) is 13.8 Å². The number of carbonyl (C=O) groups is 2. The molecule has 19 heavy (non-hydrogen) atoms. The van der Waals surface area contributed by atoms with E-state index in [1.54, 1.807) is 30.3 Å². The third-order valence-corrected chi connectivity index (χ3v) is 3.41. The maximum Gasteiger partial charge on any atom is 0.232 e. The molecule has 1 saturated heterocycles. The Morgan fingerprint density at radius 2 is 1.74 bits per heavy atom. The van der Waals surface area contributed by atoms with E-state index in [4.69, 9.17) is 0 Å². The minimum absolute atomic E-state index is 0.0823. The molecule has 6 heteroatoms. The van der Waals surface area contributed by atoms with Gasteiger partial charge in [-0.05, 0) is 19.9 Å². The first kappa shape index (κ1) is 13.5. The number of rotatable bonds is 3. The summed E-state index contributed by atoms with van der Waals surface area (Å²) in [4.78, 5) is 35.4. The molecule has 1 unspecified atom stereocenters. The standard InChI is InChI=1S/C13H18N4O2/c1-10(11(2)18)12(19)16-6-8-17(9-7-16)13-14-4-3-5-15-13/h3-5,10H,6-9H2,1-2H3. The number of Topliss-reactive ketones (excluding diaryl/α,β-unsaturated/α-hetero) is 1. The third-order valence-electron chi connectivity index (χ3n) is 3.41. The fraction of sp³-hybridized carbons (Fsp3) is 0.538. The average Bonchev–Trinajstić information content (AvgIpc) is 2.46. The minimum atomic E-state index is -0.542. The maximum atomic E-state index is 12.0. The largest absolute Gasteiger partial charge is 0.339 e. The van der Waals surface area contributed by atoms with Crippen LogP contribution in [0, 0.1) is 5.92 Å². The molecular weight excluding hydrogens is 244 g/mol. The van der Waals surface area contributed by atoms with E-state index in [0.29, 0.717) is 32.1 Å². The first-order valence-corrected chi connectivity index (χ1v) is 6.41. The number of aromatic nitrogens is 2. The quantitative estimate of drug-likeness (QED) is 0.735. The van der Waals surface area contributed by atoms with E-state index in [1.165, 1.54) is 6.92 Å². The fourth-order valence-electron chi connectivity index (χ4n) is 2.03. The van der Waals surface area contributed by atoms with E-state index in [-0.39, 0.29) is 11.7 Å². The van der Waals surface area contributed by atoms with Crippen molar-refractivity contribution >= 4 is 17.6 Å². The van der Waals surface area contributed by atoms with Crippen molar-refractivity contribution in [3.63, 3.8) is 0 Å². The first-order chi connectivity index (χ1) is 9.09. The van der Waals surface area contributed by atoms with Crippen LogP contribution in [0.3, 0.4) is 0 Å². The lowest BCUT2D eigenvalue weighted by Crippen LogP contribution is -2.51. The van der Waals surface area contributed by atoms with Crippen LogP contribution in [0.5, 0.6) is 0 Å². The second-order valence-electron chi connectivity index (χ2n) is 4.69. The number of carbonyl (C=O) groups excluding carboxylic acids is 2. The van der Waals surface area contributed by atoms with Crippen molar-refractivity contribution in [2.24, 2.45) is 5.92 Å². The molecule has 1 aromatic rings. The van der Waals surface area contributed by atoms with Crippen LogP contribution in [0.4, 0.5) is 5.95 Å². The number of amides is 1. The molecule has 1 aliphatic heterocycles. The summed E-state index contributed by atoms with van der Waals surface area (Å²) in [7, 11) is 0. The van der Waals surface area contributed by atoms with Crippen LogP contribution in [-0.2, 0) is 9.59 Å². The van der Waals surface area contributed by atoms with Gasteiger partial charge in [0.1, 0.15) is 5.78 Å². The highest BCUT2D eigenvalue weighted by Crippen LogP contribution is 2.12. The van der Waals surface area contributed by atoms with Crippen LogP contribution in [0.25, 0.3) is 0 Å². The van der Waals surface area contributed by atoms with Gasteiger partial charge in [0, 0.05) is 38.6 Å². The van der Waals surface area contributed by atoms with Gasteiger partial charge in [-0.2, -0.15) is 0 Å². The summed E-state index contributed by atoms with van der Waals surface area (Å²) in [5, 5.41) is 0. The van der Waals surface area contributed by atoms with Crippen LogP contribution < -0.4 is 4.90 Å². The molecule has 6 nitrogen and oxygen atoms in total. The summed E-state index contributed by atoms with van der Waals surface area (Å²) in [6, 6.07) is 1.78. The Kier molecular flexibility index (Phi) is 4.09. The molecule has 1 aliphatic rings. The topological polar surface area (TPSA) is 66.4 Å². The summed E-state index contributed by atoms with van der Waals surface area (Å²) >= 11 is 0. The van der Waals surface area contributed by atoms with Crippen LogP contribution >= 0.6 is 0 Å². The van der Waals surface area contributed by atoms with E-state index in [0.717, 1.165) is 0 Å². The summed E-state index contributed by atoms with van der Waals surface area (Å²) in [6.45, 7) is 5.72. The molecule has 1 atom stereocenters. The molecule has 0 N–H and O–H groups in total. The van der Waals surface area contributed by atoms with Gasteiger partial charge in [0.2, 0.25) is 11.9 Å². The molecule has 1 amide bonds. The van der Waals surface area contributed by atoms with Crippen molar-refractivity contribution in [1.29, 1.82) is 0 Å². The van der Waals surface area contributed by atoms with Gasteiger partial charge in [-0.1, -0.05) is 0 Å². The Balaban J connectivity index is 1.93. The van der Waals surface area contributed by atoms with E-state index < -0.39 is 5.92 Å². The summed E-state index contributed by atoms with van der Waals surface area (Å²) in [5.41, 5.74) is 0. The van der Waals surface area contributed by atoms with Gasteiger partial charge in [0.25, 0.3) is 0 Å². The number of ketones is 1. The van der Waals surface area contributed by atoms with Crippen molar-refractivity contribution < 1.29 is 9.59 Å². The minimum Gasteiger partial charge on any atom is -0.339 e. The summed E-state index contributed by atoms with van der Waals surface area (Å²) < 4.78 is 0. The second kappa shape index (κ2) is 5.77. The van der Waals surface area contributed by atoms with Crippen LogP contribution in [0.2, 0.25) is 0 Å². The Bertz CT molecular complexity index is 455. The molecule has 0 aromatic carbocycles. The number of piperazine rings is 1. The molecule has 1 aromatic heterocycles. The van der Waals surface area contributed by atoms with Crippen molar-refractivity contribution in [2.75, 3.05) is 31.1 Å². The van der Waals surface area contributed by atoms with Crippen LogP contribution in [0.15, 0.2) is 18.5 Å². The van der Waals surface area contributed by atoms with Gasteiger partial charge in [-0.3, -0.25) is 9.59 Å². The smallest absolute Gasteiger partial charge is 0.232 e. The van der Waals surface area contributed by atoms with Gasteiger partial charge in [-0.15, -0.1) is 0 Å². The predicted molar refractivity (Wildman–Crippen MR) is 70.7 cm³/mol. The Morgan fingerprint density at radius 3 is 2.26 bits per heavy atom. The molecule has 0 bridgehead atoms. The Morgan fingerprint density at radius 1 is 1.16 bits per heavy atom. The molecule has 102 valence electrons. The van der Waals surface area contributed by atoms with Crippen molar-refractivity contribution in [3.8, 4) is 0 Å². The van der Waals surface area contributed by atoms with Crippen molar-refractivity contribution in [1.82, 2.24) is 14.9 Å². The highest BCUT2D eigenvalue weighted by Gasteiger charge is 2.27. The monoisotopic (exact) mass is 262 g/mol. The zero-order chi connectivity index (χ0) is 13.8. The molecule has 1 fully saturated rings. The number of hydrogen-bond acceptors (Lipinski definition) is 5. The fourth-order valence-corrected chi connectivity index (χ4v) is 2.03. The average molecular weight is 262 g/mol. The lowest BCUT2D eigenvalue weighted by Gasteiger charge is -2.35. The summed E-state index contributed by atoms with van der Waals surface area (Å²) in [6.07, 6.45) is 3.41. The number of anilines is 1. The molecule has 0 aliphatic carbocycles. The molecule has 2 rings (SSSR count). The van der Waals surface area contributed by atoms with Crippen molar-refractivity contribution in [3.05, 3.63) is 18.5 Å². The zero-order valence-electron chi connectivity index (χ0n) is 11.2. The molecule has 0 spiro atoms. The second-order valence-corrected chi connectivity index (χ2v) is 4.69. The maximum absolute atomic E-state index is 12.0. The highest BCUT2D eigenvalue weighted by molar-refractivity contribution is 5.99. The van der Waals surface area contributed by atoms with Gasteiger partial charge in [-0.25, -0.2) is 9.97 Å². The van der Waals surface area contributed by atoms with Gasteiger partial charge in [0.05, 0.1) is 5.92 Å². The van der Waals surface area contributed by atoms with E-state index >= 15 is 0 Å². The van der Waals surface area contributed by atoms with Gasteiger partial charge >= 0.3 is 0 Å². The van der Waals surface area contributed by atoms with Gasteiger partial charge in [0.15, 0.2) is 0 Å². The van der Waals surface area contributed by atoms with E-state index in [1.807, 2.05) is 4.90 Å². The number of hydrogen-bond donors (Lipinski definition) is 0. The number of nitrogens with zero attached hydrogens (tertiary/aromatic N) is 4. The third kappa shape index (κ3) is 3.07. The molecule has 0 saturated carbocycles. The van der Waals surface area contributed by atoms with E-state index in [2.05, 4.69) is 9.97 Å². The van der Waals surface area contributed by atoms with Gasteiger partial charge < -0.3 is 9.80 Å². The SMILES string of the molecule is CC(=O)C(C)C(=O)N1CCN(c2ncccn2)CC1.